The minimum Gasteiger partial charge on any atom is -0.395 e. The van der Waals surface area contributed by atoms with E-state index >= 15 is 0 Å². The van der Waals surface area contributed by atoms with Crippen molar-refractivity contribution in [2.24, 2.45) is 0 Å². The topological polar surface area (TPSA) is 32.3 Å². The van der Waals surface area contributed by atoms with Crippen LogP contribution in [0.2, 0.25) is 0 Å². The van der Waals surface area contributed by atoms with E-state index in [2.05, 4.69) is 44.3 Å². The number of hydrogen-bond donors (Lipinski definition) is 2. The summed E-state index contributed by atoms with van der Waals surface area (Å²) >= 11 is 1.73. The van der Waals surface area contributed by atoms with Gasteiger partial charge >= 0.3 is 0 Å². The van der Waals surface area contributed by atoms with E-state index in [1.54, 1.807) is 11.8 Å². The monoisotopic (exact) mass is 253 g/mol. The maximum Gasteiger partial charge on any atom is 0.0550 e. The molecule has 1 atom stereocenters. The second-order valence-corrected chi connectivity index (χ2v) is 6.23. The lowest BCUT2D eigenvalue weighted by Gasteiger charge is -2.13. The predicted octanol–water partition coefficient (Wildman–Crippen LogP) is 2.97. The summed E-state index contributed by atoms with van der Waals surface area (Å²) in [6, 6.07) is 7.05. The van der Waals surface area contributed by atoms with Crippen LogP contribution in [0.25, 0.3) is 0 Å². The van der Waals surface area contributed by atoms with Crippen molar-refractivity contribution in [2.45, 2.75) is 50.4 Å². The molecule has 0 saturated heterocycles. The minimum absolute atomic E-state index is 0.223. The molecule has 96 valence electrons. The largest absolute Gasteiger partial charge is 0.395 e. The molecule has 0 bridgehead atoms. The Hall–Kier alpha value is -0.510. The van der Waals surface area contributed by atoms with E-state index in [9.17, 15) is 0 Å². The van der Waals surface area contributed by atoms with Gasteiger partial charge in [0.05, 0.1) is 6.61 Å². The fourth-order valence-corrected chi connectivity index (χ4v) is 2.43. The SMILES string of the molecule is Cc1cc(CNC(C)C)ccc1SC(C)CO. The second-order valence-electron chi connectivity index (χ2n) is 4.75. The van der Waals surface area contributed by atoms with Gasteiger partial charge in [0.25, 0.3) is 0 Å². The van der Waals surface area contributed by atoms with Crippen LogP contribution in [0.5, 0.6) is 0 Å². The summed E-state index contributed by atoms with van der Waals surface area (Å²) in [5, 5.41) is 12.7. The van der Waals surface area contributed by atoms with Gasteiger partial charge in [-0.15, -0.1) is 11.8 Å². The molecule has 0 spiro atoms. The normalized spacial score (nSPS) is 13.1. The van der Waals surface area contributed by atoms with Gasteiger partial charge in [0, 0.05) is 22.7 Å². The van der Waals surface area contributed by atoms with Crippen molar-refractivity contribution in [3.05, 3.63) is 29.3 Å². The Kier molecular flexibility index (Phi) is 6.03. The van der Waals surface area contributed by atoms with Crippen LogP contribution in [-0.4, -0.2) is 23.0 Å². The third-order valence-electron chi connectivity index (χ3n) is 2.54. The molecular formula is C14H23NOS. The van der Waals surface area contributed by atoms with Crippen LogP contribution in [0.1, 0.15) is 31.9 Å². The summed E-state index contributed by atoms with van der Waals surface area (Å²) in [6.07, 6.45) is 0. The number of thioether (sulfide) groups is 1. The molecule has 0 heterocycles. The van der Waals surface area contributed by atoms with Crippen LogP contribution < -0.4 is 5.32 Å². The molecule has 0 saturated carbocycles. The third kappa shape index (κ3) is 5.11. The fourth-order valence-electron chi connectivity index (χ4n) is 1.53. The highest BCUT2D eigenvalue weighted by Gasteiger charge is 2.06. The molecule has 1 unspecified atom stereocenters. The Morgan fingerprint density at radius 2 is 2.00 bits per heavy atom. The molecule has 0 radical (unpaired) electrons. The number of hydrogen-bond acceptors (Lipinski definition) is 3. The Bertz CT molecular complexity index is 352. The zero-order chi connectivity index (χ0) is 12.8. The standard InChI is InChI=1S/C14H23NOS/c1-10(2)15-8-13-5-6-14(11(3)7-13)17-12(4)9-16/h5-7,10,12,15-16H,8-9H2,1-4H3. The van der Waals surface area contributed by atoms with Crippen molar-refractivity contribution in [1.82, 2.24) is 5.32 Å². The van der Waals surface area contributed by atoms with E-state index < -0.39 is 0 Å². The number of aliphatic hydroxyl groups excluding tert-OH is 1. The second kappa shape index (κ2) is 7.04. The molecule has 2 nitrogen and oxygen atoms in total. The molecule has 17 heavy (non-hydrogen) atoms. The van der Waals surface area contributed by atoms with Crippen LogP contribution in [-0.2, 0) is 6.54 Å². The van der Waals surface area contributed by atoms with E-state index in [-0.39, 0.29) is 11.9 Å². The maximum absolute atomic E-state index is 9.06. The Balaban J connectivity index is 2.65. The summed E-state index contributed by atoms with van der Waals surface area (Å²) in [6.45, 7) is 9.61. The molecule has 0 fully saturated rings. The number of benzene rings is 1. The first-order chi connectivity index (χ1) is 8.02. The quantitative estimate of drug-likeness (QED) is 0.765. The zero-order valence-corrected chi connectivity index (χ0v) is 12.0. The highest BCUT2D eigenvalue weighted by molar-refractivity contribution is 8.00. The van der Waals surface area contributed by atoms with Crippen molar-refractivity contribution in [3.63, 3.8) is 0 Å². The Morgan fingerprint density at radius 1 is 1.29 bits per heavy atom. The molecule has 1 rings (SSSR count). The average molecular weight is 253 g/mol. The number of nitrogens with one attached hydrogen (secondary N) is 1. The summed E-state index contributed by atoms with van der Waals surface area (Å²) in [5.41, 5.74) is 2.61. The van der Waals surface area contributed by atoms with E-state index in [1.165, 1.54) is 16.0 Å². The zero-order valence-electron chi connectivity index (χ0n) is 11.2. The van der Waals surface area contributed by atoms with Crippen molar-refractivity contribution in [3.8, 4) is 0 Å². The molecule has 2 N–H and O–H groups in total. The first-order valence-electron chi connectivity index (χ1n) is 6.13. The summed E-state index contributed by atoms with van der Waals surface area (Å²) in [5.74, 6) is 0. The van der Waals surface area contributed by atoms with Crippen LogP contribution in [0.4, 0.5) is 0 Å². The van der Waals surface area contributed by atoms with Gasteiger partial charge in [-0.05, 0) is 24.1 Å². The molecule has 0 aromatic heterocycles. The van der Waals surface area contributed by atoms with Gasteiger partial charge in [-0.1, -0.05) is 32.9 Å². The van der Waals surface area contributed by atoms with Crippen molar-refractivity contribution in [1.29, 1.82) is 0 Å². The molecule has 0 amide bonds. The molecule has 1 aromatic rings. The van der Waals surface area contributed by atoms with Crippen LogP contribution in [0, 0.1) is 6.92 Å². The number of rotatable bonds is 6. The lowest BCUT2D eigenvalue weighted by molar-refractivity contribution is 0.300. The Morgan fingerprint density at radius 3 is 2.53 bits per heavy atom. The van der Waals surface area contributed by atoms with Crippen molar-refractivity contribution >= 4 is 11.8 Å². The molecule has 0 aliphatic heterocycles. The molecule has 0 aliphatic rings. The van der Waals surface area contributed by atoms with Gasteiger partial charge in [-0.3, -0.25) is 0 Å². The van der Waals surface area contributed by atoms with E-state index in [0.29, 0.717) is 6.04 Å². The van der Waals surface area contributed by atoms with E-state index in [0.717, 1.165) is 6.54 Å². The highest BCUT2D eigenvalue weighted by atomic mass is 32.2. The smallest absolute Gasteiger partial charge is 0.0550 e. The van der Waals surface area contributed by atoms with Gasteiger partial charge in [0.1, 0.15) is 0 Å². The van der Waals surface area contributed by atoms with Crippen molar-refractivity contribution < 1.29 is 5.11 Å². The minimum atomic E-state index is 0.223. The first kappa shape index (κ1) is 14.6. The van der Waals surface area contributed by atoms with Gasteiger partial charge in [-0.2, -0.15) is 0 Å². The molecular weight excluding hydrogens is 230 g/mol. The lowest BCUT2D eigenvalue weighted by Crippen LogP contribution is -2.21. The van der Waals surface area contributed by atoms with Gasteiger partial charge < -0.3 is 10.4 Å². The van der Waals surface area contributed by atoms with Crippen LogP contribution >= 0.6 is 11.8 Å². The van der Waals surface area contributed by atoms with E-state index in [4.69, 9.17) is 5.11 Å². The number of aryl methyl sites for hydroxylation is 1. The van der Waals surface area contributed by atoms with Crippen LogP contribution in [0.3, 0.4) is 0 Å². The van der Waals surface area contributed by atoms with E-state index in [1.807, 2.05) is 6.92 Å². The van der Waals surface area contributed by atoms with Gasteiger partial charge in [0.15, 0.2) is 0 Å². The number of aliphatic hydroxyl groups is 1. The maximum atomic E-state index is 9.06. The summed E-state index contributed by atoms with van der Waals surface area (Å²) in [7, 11) is 0. The van der Waals surface area contributed by atoms with Crippen molar-refractivity contribution in [2.75, 3.05) is 6.61 Å². The molecule has 1 aromatic carbocycles. The molecule has 0 aliphatic carbocycles. The lowest BCUT2D eigenvalue weighted by atomic mass is 10.1. The average Bonchev–Trinajstić information content (AvgIpc) is 2.29. The fraction of sp³-hybridized carbons (Fsp3) is 0.571. The summed E-state index contributed by atoms with van der Waals surface area (Å²) < 4.78 is 0. The van der Waals surface area contributed by atoms with Gasteiger partial charge in [-0.25, -0.2) is 0 Å². The highest BCUT2D eigenvalue weighted by Crippen LogP contribution is 2.26. The molecule has 3 heteroatoms. The first-order valence-corrected chi connectivity index (χ1v) is 7.01. The Labute approximate surface area is 109 Å². The van der Waals surface area contributed by atoms with Gasteiger partial charge in [0.2, 0.25) is 0 Å². The third-order valence-corrected chi connectivity index (χ3v) is 3.80. The predicted molar refractivity (Wildman–Crippen MR) is 75.6 cm³/mol. The summed E-state index contributed by atoms with van der Waals surface area (Å²) in [4.78, 5) is 1.26. The van der Waals surface area contributed by atoms with Crippen LogP contribution in [0.15, 0.2) is 23.1 Å².